The van der Waals surface area contributed by atoms with Crippen LogP contribution in [0, 0.1) is 5.82 Å². The molecule has 1 aromatic rings. The molecule has 106 valence electrons. The molecule has 1 atom stereocenters. The summed E-state index contributed by atoms with van der Waals surface area (Å²) >= 11 is 1.98. The first-order valence-corrected chi connectivity index (χ1v) is 7.93. The number of benzene rings is 1. The normalized spacial score (nSPS) is 17.6. The fourth-order valence-corrected chi connectivity index (χ4v) is 3.82. The Morgan fingerprint density at radius 1 is 1.42 bits per heavy atom. The van der Waals surface area contributed by atoms with Crippen molar-refractivity contribution in [3.8, 4) is 5.75 Å². The van der Waals surface area contributed by atoms with Gasteiger partial charge < -0.3 is 10.5 Å². The lowest BCUT2D eigenvalue weighted by Crippen LogP contribution is -2.26. The largest absolute Gasteiger partial charge is 0.494 e. The number of nitrogens with two attached hydrogens (primary N) is 1. The van der Waals surface area contributed by atoms with Gasteiger partial charge in [-0.1, -0.05) is 18.9 Å². The summed E-state index contributed by atoms with van der Waals surface area (Å²) in [6.45, 7) is 0. The van der Waals surface area contributed by atoms with Gasteiger partial charge in [0.05, 0.1) is 7.11 Å². The highest BCUT2D eigenvalue weighted by molar-refractivity contribution is 7.99. The number of rotatable bonds is 6. The smallest absolute Gasteiger partial charge is 0.165 e. The molecule has 0 aromatic heterocycles. The van der Waals surface area contributed by atoms with Gasteiger partial charge in [0.25, 0.3) is 0 Å². The highest BCUT2D eigenvalue weighted by atomic mass is 32.2. The van der Waals surface area contributed by atoms with E-state index in [4.69, 9.17) is 10.5 Å². The molecule has 19 heavy (non-hydrogen) atoms. The fraction of sp³-hybridized carbons (Fsp3) is 0.600. The summed E-state index contributed by atoms with van der Waals surface area (Å²) in [5.74, 6) is 0.937. The van der Waals surface area contributed by atoms with Crippen LogP contribution in [0.3, 0.4) is 0 Å². The third-order valence-corrected chi connectivity index (χ3v) is 5.13. The Morgan fingerprint density at radius 3 is 2.79 bits per heavy atom. The predicted molar refractivity (Wildman–Crippen MR) is 79.3 cm³/mol. The van der Waals surface area contributed by atoms with Crippen molar-refractivity contribution in [1.29, 1.82) is 0 Å². The Kier molecular flexibility index (Phi) is 5.52. The van der Waals surface area contributed by atoms with Crippen molar-refractivity contribution in [2.24, 2.45) is 5.73 Å². The zero-order chi connectivity index (χ0) is 13.7. The number of hydrogen-bond donors (Lipinski definition) is 1. The first-order valence-electron chi connectivity index (χ1n) is 6.88. The molecular formula is C15H22FNOS. The van der Waals surface area contributed by atoms with E-state index in [-0.39, 0.29) is 17.6 Å². The second kappa shape index (κ2) is 7.15. The van der Waals surface area contributed by atoms with E-state index in [1.807, 2.05) is 17.8 Å². The second-order valence-corrected chi connectivity index (χ2v) is 6.51. The van der Waals surface area contributed by atoms with Crippen LogP contribution in [-0.2, 0) is 6.42 Å². The molecule has 0 bridgehead atoms. The molecule has 2 N–H and O–H groups in total. The Morgan fingerprint density at radius 2 is 2.16 bits per heavy atom. The van der Waals surface area contributed by atoms with Gasteiger partial charge in [-0.25, -0.2) is 4.39 Å². The molecule has 4 heteroatoms. The van der Waals surface area contributed by atoms with Crippen molar-refractivity contribution in [3.05, 3.63) is 29.6 Å². The molecule has 0 aliphatic heterocycles. The first-order chi connectivity index (χ1) is 9.19. The van der Waals surface area contributed by atoms with Gasteiger partial charge in [0.2, 0.25) is 0 Å². The monoisotopic (exact) mass is 283 g/mol. The van der Waals surface area contributed by atoms with Crippen molar-refractivity contribution in [2.45, 2.75) is 43.4 Å². The number of methoxy groups -OCH3 is 1. The zero-order valence-electron chi connectivity index (χ0n) is 11.4. The first kappa shape index (κ1) is 14.7. The van der Waals surface area contributed by atoms with Gasteiger partial charge in [-0.15, -0.1) is 0 Å². The van der Waals surface area contributed by atoms with Crippen molar-refractivity contribution in [2.75, 3.05) is 12.9 Å². The molecule has 1 aliphatic carbocycles. The fourth-order valence-electron chi connectivity index (χ4n) is 2.51. The molecule has 0 heterocycles. The van der Waals surface area contributed by atoms with Gasteiger partial charge in [0, 0.05) is 17.0 Å². The highest BCUT2D eigenvalue weighted by Gasteiger charge is 2.16. The molecule has 1 fully saturated rings. The Balaban J connectivity index is 1.80. The summed E-state index contributed by atoms with van der Waals surface area (Å²) < 4.78 is 18.5. The molecule has 0 saturated heterocycles. The maximum atomic E-state index is 13.6. The third kappa shape index (κ3) is 4.39. The van der Waals surface area contributed by atoms with E-state index < -0.39 is 0 Å². The minimum atomic E-state index is -0.310. The molecule has 0 amide bonds. The van der Waals surface area contributed by atoms with Gasteiger partial charge >= 0.3 is 0 Å². The second-order valence-electron chi connectivity index (χ2n) is 5.17. The number of thioether (sulfide) groups is 1. The van der Waals surface area contributed by atoms with Gasteiger partial charge in [-0.05, 0) is 37.0 Å². The molecular weight excluding hydrogens is 261 g/mol. The SMILES string of the molecule is COc1ccc(CC(N)CSC2CCCC2)cc1F. The summed E-state index contributed by atoms with van der Waals surface area (Å²) in [6, 6.07) is 5.18. The molecule has 0 spiro atoms. The molecule has 1 saturated carbocycles. The van der Waals surface area contributed by atoms with Crippen molar-refractivity contribution >= 4 is 11.8 Å². The van der Waals surface area contributed by atoms with Crippen LogP contribution in [-0.4, -0.2) is 24.2 Å². The van der Waals surface area contributed by atoms with Gasteiger partial charge in [0.1, 0.15) is 0 Å². The molecule has 2 rings (SSSR count). The van der Waals surface area contributed by atoms with Crippen LogP contribution in [0.4, 0.5) is 4.39 Å². The van der Waals surface area contributed by atoms with Crippen LogP contribution in [0.1, 0.15) is 31.2 Å². The van der Waals surface area contributed by atoms with Crippen LogP contribution < -0.4 is 10.5 Å². The summed E-state index contributed by atoms with van der Waals surface area (Å²) in [5, 5.41) is 0.790. The lowest BCUT2D eigenvalue weighted by atomic mass is 10.1. The molecule has 1 aromatic carbocycles. The lowest BCUT2D eigenvalue weighted by Gasteiger charge is -2.15. The summed E-state index contributed by atoms with van der Waals surface area (Å²) in [7, 11) is 1.47. The van der Waals surface area contributed by atoms with Crippen LogP contribution in [0.2, 0.25) is 0 Å². The molecule has 1 unspecified atom stereocenters. The summed E-state index contributed by atoms with van der Waals surface area (Å²) in [4.78, 5) is 0. The predicted octanol–water partition coefficient (Wildman–Crippen LogP) is 3.38. The molecule has 2 nitrogen and oxygen atoms in total. The van der Waals surface area contributed by atoms with Gasteiger partial charge in [-0.3, -0.25) is 0 Å². The Bertz CT molecular complexity index is 407. The Hall–Kier alpha value is -0.740. The van der Waals surface area contributed by atoms with Crippen LogP contribution in [0.25, 0.3) is 0 Å². The maximum absolute atomic E-state index is 13.6. The van der Waals surface area contributed by atoms with E-state index in [2.05, 4.69) is 0 Å². The van der Waals surface area contributed by atoms with E-state index in [9.17, 15) is 4.39 Å². The summed E-state index contributed by atoms with van der Waals surface area (Å²) in [5.41, 5.74) is 7.07. The standard InChI is InChI=1S/C15H22FNOS/c1-18-15-7-6-11(9-14(15)16)8-12(17)10-19-13-4-2-3-5-13/h6-7,9,12-13H,2-5,8,10,17H2,1H3. The maximum Gasteiger partial charge on any atom is 0.165 e. The average molecular weight is 283 g/mol. The minimum absolute atomic E-state index is 0.0957. The van der Waals surface area contributed by atoms with E-state index >= 15 is 0 Å². The van der Waals surface area contributed by atoms with Crippen molar-refractivity contribution in [1.82, 2.24) is 0 Å². The Labute approximate surface area is 118 Å². The number of ether oxygens (including phenoxy) is 1. The highest BCUT2D eigenvalue weighted by Crippen LogP contribution is 2.29. The zero-order valence-corrected chi connectivity index (χ0v) is 12.2. The third-order valence-electron chi connectivity index (χ3n) is 3.56. The topological polar surface area (TPSA) is 35.2 Å². The van der Waals surface area contributed by atoms with Gasteiger partial charge in [-0.2, -0.15) is 11.8 Å². The quantitative estimate of drug-likeness (QED) is 0.869. The van der Waals surface area contributed by atoms with Crippen molar-refractivity contribution in [3.63, 3.8) is 0 Å². The lowest BCUT2D eigenvalue weighted by molar-refractivity contribution is 0.386. The average Bonchev–Trinajstić information content (AvgIpc) is 2.90. The summed E-state index contributed by atoms with van der Waals surface area (Å²) in [6.07, 6.45) is 6.09. The van der Waals surface area contributed by atoms with Crippen LogP contribution in [0.15, 0.2) is 18.2 Å². The van der Waals surface area contributed by atoms with E-state index in [0.29, 0.717) is 0 Å². The van der Waals surface area contributed by atoms with Crippen LogP contribution >= 0.6 is 11.8 Å². The van der Waals surface area contributed by atoms with E-state index in [1.54, 1.807) is 6.07 Å². The van der Waals surface area contributed by atoms with Crippen LogP contribution in [0.5, 0.6) is 5.75 Å². The van der Waals surface area contributed by atoms with Gasteiger partial charge in [0.15, 0.2) is 11.6 Å². The van der Waals surface area contributed by atoms with E-state index in [1.165, 1.54) is 38.9 Å². The van der Waals surface area contributed by atoms with Crippen molar-refractivity contribution < 1.29 is 9.13 Å². The molecule has 1 aliphatic rings. The number of hydrogen-bond acceptors (Lipinski definition) is 3. The minimum Gasteiger partial charge on any atom is -0.494 e. The number of halogens is 1. The van der Waals surface area contributed by atoms with E-state index in [0.717, 1.165) is 23.0 Å². The molecule has 0 radical (unpaired) electrons.